The molecule has 0 aliphatic rings. The molecule has 0 spiro atoms. The number of rotatable bonds is 6. The summed E-state index contributed by atoms with van der Waals surface area (Å²) in [5, 5.41) is 9.85. The molecule has 0 aliphatic heterocycles. The predicted molar refractivity (Wildman–Crippen MR) is 103 cm³/mol. The second-order valence-electron chi connectivity index (χ2n) is 5.64. The van der Waals surface area contributed by atoms with Gasteiger partial charge in [-0.15, -0.1) is 0 Å². The first kappa shape index (κ1) is 20.9. The molecule has 0 unspecified atom stereocenters. The van der Waals surface area contributed by atoms with Crippen molar-refractivity contribution >= 4 is 16.9 Å². The number of ether oxygens (including phenoxy) is 3. The van der Waals surface area contributed by atoms with E-state index in [-0.39, 0.29) is 32.1 Å². The maximum atomic E-state index is 13.6. The van der Waals surface area contributed by atoms with Gasteiger partial charge < -0.3 is 18.8 Å². The number of hydrogen-bond donors (Lipinski definition) is 0. The Morgan fingerprint density at radius 3 is 2.71 bits per heavy atom. The fourth-order valence-electron chi connectivity index (χ4n) is 2.79. The predicted octanol–water partition coefficient (Wildman–Crippen LogP) is 4.44. The van der Waals surface area contributed by atoms with E-state index in [0.29, 0.717) is 22.2 Å². The van der Waals surface area contributed by atoms with Crippen molar-refractivity contribution in [2.75, 3.05) is 20.5 Å². The fraction of sp³-hybridized carbons (Fsp3) is 0.238. The molecule has 1 heterocycles. The van der Waals surface area contributed by atoms with Gasteiger partial charge >= 0.3 is 5.97 Å². The van der Waals surface area contributed by atoms with Gasteiger partial charge in [0.25, 0.3) is 0 Å². The van der Waals surface area contributed by atoms with Crippen LogP contribution in [0.5, 0.6) is 5.75 Å². The second kappa shape index (κ2) is 9.02. The van der Waals surface area contributed by atoms with Crippen molar-refractivity contribution in [3.05, 3.63) is 59.5 Å². The van der Waals surface area contributed by atoms with Gasteiger partial charge in [0.2, 0.25) is 0 Å². The highest BCUT2D eigenvalue weighted by Crippen LogP contribution is 2.29. The minimum Gasteiger partial charge on any atom is -0.467 e. The van der Waals surface area contributed by atoms with Crippen LogP contribution in [0.15, 0.2) is 42.6 Å². The second-order valence-corrected chi connectivity index (χ2v) is 5.64. The number of esters is 1. The molecule has 0 saturated carbocycles. The summed E-state index contributed by atoms with van der Waals surface area (Å²) in [5.41, 5.74) is 1.92. The lowest BCUT2D eigenvalue weighted by Gasteiger charge is -2.13. The van der Waals surface area contributed by atoms with Gasteiger partial charge in [0.1, 0.15) is 23.2 Å². The van der Waals surface area contributed by atoms with Gasteiger partial charge in [-0.05, 0) is 37.3 Å². The number of carbonyl (C=O) groups excluding carboxylic acids is 1. The molecule has 0 atom stereocenters. The van der Waals surface area contributed by atoms with Crippen molar-refractivity contribution in [3.8, 4) is 17.5 Å². The SMILES string of the molecule is C.CCOC(=O)c1ccc(-n2cc(C#N)c3cc(F)ccc32)cc1OCOC. The lowest BCUT2D eigenvalue weighted by molar-refractivity contribution is 0.0438. The quantitative estimate of drug-likeness (QED) is 0.464. The molecule has 0 aliphatic carbocycles. The van der Waals surface area contributed by atoms with Gasteiger partial charge in [-0.25, -0.2) is 9.18 Å². The van der Waals surface area contributed by atoms with Gasteiger partial charge in [-0.1, -0.05) is 7.43 Å². The summed E-state index contributed by atoms with van der Waals surface area (Å²) in [6.45, 7) is 1.91. The van der Waals surface area contributed by atoms with Crippen LogP contribution in [-0.2, 0) is 9.47 Å². The first-order valence-corrected chi connectivity index (χ1v) is 8.23. The first-order chi connectivity index (χ1) is 13.1. The minimum absolute atomic E-state index is 0. The van der Waals surface area contributed by atoms with Crippen LogP contribution < -0.4 is 4.74 Å². The Hall–Kier alpha value is -3.37. The molecule has 146 valence electrons. The van der Waals surface area contributed by atoms with E-state index in [1.807, 2.05) is 0 Å². The van der Waals surface area contributed by atoms with E-state index in [4.69, 9.17) is 14.2 Å². The lowest BCUT2D eigenvalue weighted by Crippen LogP contribution is -2.10. The van der Waals surface area contributed by atoms with Crippen molar-refractivity contribution in [1.29, 1.82) is 5.26 Å². The number of benzene rings is 2. The van der Waals surface area contributed by atoms with Crippen LogP contribution in [-0.4, -0.2) is 31.0 Å². The summed E-state index contributed by atoms with van der Waals surface area (Å²) < 4.78 is 30.8. The molecular weight excluding hydrogens is 363 g/mol. The standard InChI is InChI=1S/C20H17FN2O4.CH4/c1-3-26-20(24)16-6-5-15(9-19(16)27-12-25-2)23-11-13(10-22)17-8-14(21)4-7-18(17)23;/h4-9,11H,3,12H2,1-2H3;1H4. The fourth-order valence-corrected chi connectivity index (χ4v) is 2.79. The number of nitriles is 1. The Bertz CT molecular complexity index is 1040. The molecule has 7 heteroatoms. The Morgan fingerprint density at radius 1 is 1.25 bits per heavy atom. The average Bonchev–Trinajstić information content (AvgIpc) is 3.04. The van der Waals surface area contributed by atoms with E-state index < -0.39 is 11.8 Å². The molecule has 28 heavy (non-hydrogen) atoms. The number of hydrogen-bond acceptors (Lipinski definition) is 5. The van der Waals surface area contributed by atoms with Crippen LogP contribution in [0.1, 0.15) is 30.3 Å². The monoisotopic (exact) mass is 384 g/mol. The maximum Gasteiger partial charge on any atom is 0.341 e. The molecule has 0 radical (unpaired) electrons. The topological polar surface area (TPSA) is 73.5 Å². The van der Waals surface area contributed by atoms with Crippen molar-refractivity contribution < 1.29 is 23.4 Å². The van der Waals surface area contributed by atoms with Gasteiger partial charge in [0.15, 0.2) is 6.79 Å². The summed E-state index contributed by atoms with van der Waals surface area (Å²) in [7, 11) is 1.47. The van der Waals surface area contributed by atoms with Crippen molar-refractivity contribution in [1.82, 2.24) is 4.57 Å². The molecule has 2 aromatic carbocycles. The molecule has 0 N–H and O–H groups in total. The Labute approximate surface area is 162 Å². The van der Waals surface area contributed by atoms with Crippen LogP contribution in [0.2, 0.25) is 0 Å². The summed E-state index contributed by atoms with van der Waals surface area (Å²) in [5.74, 6) is -0.638. The van der Waals surface area contributed by atoms with Crippen LogP contribution in [0.25, 0.3) is 16.6 Å². The number of nitrogens with zero attached hydrogens (tertiary/aromatic N) is 2. The normalized spacial score (nSPS) is 10.2. The number of halogens is 1. The summed E-state index contributed by atoms with van der Waals surface area (Å²) in [4.78, 5) is 12.1. The molecule has 0 amide bonds. The molecular formula is C21H21FN2O4. The molecule has 0 saturated heterocycles. The van der Waals surface area contributed by atoms with E-state index in [9.17, 15) is 14.4 Å². The number of fused-ring (bicyclic) bond motifs is 1. The highest BCUT2D eigenvalue weighted by Gasteiger charge is 2.17. The average molecular weight is 384 g/mol. The molecule has 3 rings (SSSR count). The van der Waals surface area contributed by atoms with E-state index in [1.54, 1.807) is 42.0 Å². The zero-order chi connectivity index (χ0) is 19.4. The van der Waals surface area contributed by atoms with Gasteiger partial charge in [-0.3, -0.25) is 0 Å². The van der Waals surface area contributed by atoms with E-state index in [1.165, 1.54) is 19.2 Å². The molecule has 3 aromatic rings. The van der Waals surface area contributed by atoms with E-state index in [0.717, 1.165) is 0 Å². The van der Waals surface area contributed by atoms with E-state index >= 15 is 0 Å². The van der Waals surface area contributed by atoms with Crippen LogP contribution >= 0.6 is 0 Å². The van der Waals surface area contributed by atoms with Crippen molar-refractivity contribution in [2.45, 2.75) is 14.4 Å². The largest absolute Gasteiger partial charge is 0.467 e. The third-order valence-electron chi connectivity index (χ3n) is 3.96. The maximum absolute atomic E-state index is 13.6. The number of carbonyl (C=O) groups is 1. The van der Waals surface area contributed by atoms with Gasteiger partial charge in [-0.2, -0.15) is 5.26 Å². The zero-order valence-electron chi connectivity index (χ0n) is 14.9. The molecule has 0 fully saturated rings. The van der Waals surface area contributed by atoms with Crippen LogP contribution in [0.4, 0.5) is 4.39 Å². The summed E-state index contributed by atoms with van der Waals surface area (Å²) in [6, 6.07) is 11.3. The van der Waals surface area contributed by atoms with Gasteiger partial charge in [0, 0.05) is 30.4 Å². The molecule has 1 aromatic heterocycles. The van der Waals surface area contributed by atoms with Crippen molar-refractivity contribution in [2.24, 2.45) is 0 Å². The highest BCUT2D eigenvalue weighted by atomic mass is 19.1. The molecule has 0 bridgehead atoms. The summed E-state index contributed by atoms with van der Waals surface area (Å²) >= 11 is 0. The number of methoxy groups -OCH3 is 1. The first-order valence-electron chi connectivity index (χ1n) is 8.23. The third-order valence-corrected chi connectivity index (χ3v) is 3.96. The van der Waals surface area contributed by atoms with Gasteiger partial charge in [0.05, 0.1) is 17.7 Å². The van der Waals surface area contributed by atoms with Crippen molar-refractivity contribution in [3.63, 3.8) is 0 Å². The lowest BCUT2D eigenvalue weighted by atomic mass is 10.1. The minimum atomic E-state index is -0.507. The third kappa shape index (κ3) is 3.97. The Morgan fingerprint density at radius 2 is 2.04 bits per heavy atom. The summed E-state index contributed by atoms with van der Waals surface area (Å²) in [6.07, 6.45) is 1.61. The smallest absolute Gasteiger partial charge is 0.341 e. The highest BCUT2D eigenvalue weighted by molar-refractivity contribution is 5.93. The molecule has 6 nitrogen and oxygen atoms in total. The van der Waals surface area contributed by atoms with Crippen LogP contribution in [0, 0.1) is 17.1 Å². The van der Waals surface area contributed by atoms with Crippen LogP contribution in [0.3, 0.4) is 0 Å². The van der Waals surface area contributed by atoms with E-state index in [2.05, 4.69) is 6.07 Å². The zero-order valence-corrected chi connectivity index (χ0v) is 14.9. The Kier molecular flexibility index (Phi) is 6.74. The Balaban J connectivity index is 0.00000280. The number of aromatic nitrogens is 1.